The lowest BCUT2D eigenvalue weighted by Crippen LogP contribution is -2.33. The lowest BCUT2D eigenvalue weighted by atomic mass is 10.1. The number of amides is 2. The number of carbonyl (C=O) groups excluding carboxylic acids is 2. The molecule has 0 unspecified atom stereocenters. The maximum Gasteiger partial charge on any atom is 0.405 e. The van der Waals surface area contributed by atoms with Gasteiger partial charge in [0.15, 0.2) is 0 Å². The summed E-state index contributed by atoms with van der Waals surface area (Å²) in [5.74, 6) is -1.89. The van der Waals surface area contributed by atoms with E-state index in [0.717, 1.165) is 12.1 Å². The van der Waals surface area contributed by atoms with Crippen molar-refractivity contribution in [3.05, 3.63) is 63.9 Å². The molecule has 0 saturated heterocycles. The molecule has 0 spiro atoms. The van der Waals surface area contributed by atoms with E-state index in [4.69, 9.17) is 0 Å². The molecule has 0 saturated carbocycles. The van der Waals surface area contributed by atoms with Crippen LogP contribution in [0, 0.1) is 5.82 Å². The summed E-state index contributed by atoms with van der Waals surface area (Å²) in [6.07, 6.45) is -4.49. The minimum Gasteiger partial charge on any atom is -0.343 e. The van der Waals surface area contributed by atoms with E-state index in [2.05, 4.69) is 21.2 Å². The first-order valence-corrected chi connectivity index (χ1v) is 7.66. The van der Waals surface area contributed by atoms with E-state index in [-0.39, 0.29) is 15.6 Å². The highest BCUT2D eigenvalue weighted by Gasteiger charge is 2.27. The van der Waals surface area contributed by atoms with Gasteiger partial charge in [0.2, 0.25) is 0 Å². The minimum absolute atomic E-state index is 0.0187. The van der Waals surface area contributed by atoms with Gasteiger partial charge in [-0.15, -0.1) is 0 Å². The first-order valence-electron chi connectivity index (χ1n) is 6.87. The van der Waals surface area contributed by atoms with Crippen molar-refractivity contribution in [2.75, 3.05) is 11.9 Å². The van der Waals surface area contributed by atoms with Gasteiger partial charge in [-0.1, -0.05) is 0 Å². The SMILES string of the molecule is O=C(NCC(F)(F)F)c1ccc(NC(=O)c2ccc(F)cc2Br)cc1. The highest BCUT2D eigenvalue weighted by atomic mass is 79.9. The Bertz CT molecular complexity index is 792. The van der Waals surface area contributed by atoms with Crippen molar-refractivity contribution in [1.29, 1.82) is 0 Å². The molecule has 2 N–H and O–H groups in total. The second-order valence-corrected chi connectivity index (χ2v) is 5.81. The number of hydrogen-bond donors (Lipinski definition) is 2. The third-order valence-corrected chi connectivity index (χ3v) is 3.69. The number of carbonyl (C=O) groups is 2. The van der Waals surface area contributed by atoms with E-state index in [1.54, 1.807) is 5.32 Å². The molecule has 0 aromatic heterocycles. The van der Waals surface area contributed by atoms with Crippen molar-refractivity contribution in [3.8, 4) is 0 Å². The molecule has 9 heteroatoms. The average Bonchev–Trinajstić information content (AvgIpc) is 2.52. The van der Waals surface area contributed by atoms with Gasteiger partial charge in [0.1, 0.15) is 12.4 Å². The monoisotopic (exact) mass is 418 g/mol. The molecule has 0 atom stereocenters. The summed E-state index contributed by atoms with van der Waals surface area (Å²) < 4.78 is 49.5. The molecule has 0 radical (unpaired) electrons. The number of rotatable bonds is 4. The van der Waals surface area contributed by atoms with Crippen LogP contribution >= 0.6 is 15.9 Å². The number of nitrogens with one attached hydrogen (secondary N) is 2. The van der Waals surface area contributed by atoms with Gasteiger partial charge in [-0.3, -0.25) is 9.59 Å². The van der Waals surface area contributed by atoms with Gasteiger partial charge in [-0.25, -0.2) is 4.39 Å². The van der Waals surface area contributed by atoms with Crippen LogP contribution in [0.5, 0.6) is 0 Å². The molecule has 2 rings (SSSR count). The van der Waals surface area contributed by atoms with E-state index in [1.165, 1.54) is 30.3 Å². The van der Waals surface area contributed by atoms with Crippen LogP contribution in [-0.4, -0.2) is 24.5 Å². The predicted molar refractivity (Wildman–Crippen MR) is 86.9 cm³/mol. The molecule has 0 heterocycles. The van der Waals surface area contributed by atoms with Crippen molar-refractivity contribution in [1.82, 2.24) is 5.32 Å². The fraction of sp³-hybridized carbons (Fsp3) is 0.125. The Labute approximate surface area is 148 Å². The van der Waals surface area contributed by atoms with Crippen LogP contribution in [0.2, 0.25) is 0 Å². The van der Waals surface area contributed by atoms with Crippen LogP contribution in [0.1, 0.15) is 20.7 Å². The predicted octanol–water partition coefficient (Wildman–Crippen LogP) is 4.13. The molecule has 0 fully saturated rings. The van der Waals surface area contributed by atoms with Gasteiger partial charge >= 0.3 is 6.18 Å². The Hall–Kier alpha value is -2.42. The topological polar surface area (TPSA) is 58.2 Å². The quantitative estimate of drug-likeness (QED) is 0.733. The lowest BCUT2D eigenvalue weighted by molar-refractivity contribution is -0.123. The second-order valence-electron chi connectivity index (χ2n) is 4.95. The van der Waals surface area contributed by atoms with Gasteiger partial charge in [0, 0.05) is 15.7 Å². The Balaban J connectivity index is 2.02. The Morgan fingerprint density at radius 1 is 1.00 bits per heavy atom. The number of halogens is 5. The molecule has 4 nitrogen and oxygen atoms in total. The molecule has 25 heavy (non-hydrogen) atoms. The van der Waals surface area contributed by atoms with Crippen molar-refractivity contribution < 1.29 is 27.2 Å². The van der Waals surface area contributed by atoms with Gasteiger partial charge in [-0.05, 0) is 58.4 Å². The van der Waals surface area contributed by atoms with Gasteiger partial charge in [-0.2, -0.15) is 13.2 Å². The standard InChI is InChI=1S/C16H11BrF4N2O2/c17-13-7-10(18)3-6-12(13)15(25)23-11-4-1-9(2-5-11)14(24)22-8-16(19,20)21/h1-7H,8H2,(H,22,24)(H,23,25). The third kappa shape index (κ3) is 5.56. The molecular formula is C16H11BrF4N2O2. The first-order chi connectivity index (χ1) is 11.7. The van der Waals surface area contributed by atoms with E-state index in [0.29, 0.717) is 5.69 Å². The zero-order valence-electron chi connectivity index (χ0n) is 12.5. The molecule has 2 aromatic rings. The molecule has 2 aromatic carbocycles. The maximum atomic E-state index is 13.0. The van der Waals surface area contributed by atoms with Crippen molar-refractivity contribution in [3.63, 3.8) is 0 Å². The number of benzene rings is 2. The normalized spacial score (nSPS) is 11.1. The Morgan fingerprint density at radius 2 is 1.64 bits per heavy atom. The molecule has 0 aliphatic rings. The summed E-state index contributed by atoms with van der Waals surface area (Å²) >= 11 is 3.08. The molecule has 0 aliphatic heterocycles. The molecule has 0 aliphatic carbocycles. The average molecular weight is 419 g/mol. The summed E-state index contributed by atoms with van der Waals surface area (Å²) in [5, 5.41) is 4.28. The van der Waals surface area contributed by atoms with Crippen molar-refractivity contribution in [2.24, 2.45) is 0 Å². The summed E-state index contributed by atoms with van der Waals surface area (Å²) in [7, 11) is 0. The van der Waals surface area contributed by atoms with Crippen LogP contribution < -0.4 is 10.6 Å². The van der Waals surface area contributed by atoms with Crippen molar-refractivity contribution >= 4 is 33.4 Å². The van der Waals surface area contributed by atoms with Crippen LogP contribution in [0.4, 0.5) is 23.2 Å². The second kappa shape index (κ2) is 7.64. The van der Waals surface area contributed by atoms with Crippen LogP contribution in [-0.2, 0) is 0 Å². The summed E-state index contributed by atoms with van der Waals surface area (Å²) in [5.41, 5.74) is 0.548. The Morgan fingerprint density at radius 3 is 2.20 bits per heavy atom. The smallest absolute Gasteiger partial charge is 0.343 e. The Kier molecular flexibility index (Phi) is 5.78. The maximum absolute atomic E-state index is 13.0. The lowest BCUT2D eigenvalue weighted by Gasteiger charge is -2.10. The van der Waals surface area contributed by atoms with Crippen LogP contribution in [0.25, 0.3) is 0 Å². The van der Waals surface area contributed by atoms with E-state index < -0.39 is 30.4 Å². The number of alkyl halides is 3. The molecule has 132 valence electrons. The van der Waals surface area contributed by atoms with E-state index in [9.17, 15) is 27.2 Å². The van der Waals surface area contributed by atoms with Gasteiger partial charge < -0.3 is 10.6 Å². The van der Waals surface area contributed by atoms with Gasteiger partial charge in [0.25, 0.3) is 11.8 Å². The fourth-order valence-electron chi connectivity index (χ4n) is 1.86. The zero-order chi connectivity index (χ0) is 18.6. The minimum atomic E-state index is -4.49. The van der Waals surface area contributed by atoms with Crippen LogP contribution in [0.3, 0.4) is 0 Å². The van der Waals surface area contributed by atoms with Crippen molar-refractivity contribution in [2.45, 2.75) is 6.18 Å². The van der Waals surface area contributed by atoms with E-state index >= 15 is 0 Å². The van der Waals surface area contributed by atoms with Crippen LogP contribution in [0.15, 0.2) is 46.9 Å². The number of hydrogen-bond acceptors (Lipinski definition) is 2. The molecule has 2 amide bonds. The summed E-state index contributed by atoms with van der Waals surface area (Å²) in [6.45, 7) is -1.43. The first kappa shape index (κ1) is 18.9. The fourth-order valence-corrected chi connectivity index (χ4v) is 2.39. The van der Waals surface area contributed by atoms with Gasteiger partial charge in [0.05, 0.1) is 5.56 Å². The number of anilines is 1. The van der Waals surface area contributed by atoms with E-state index in [1.807, 2.05) is 0 Å². The largest absolute Gasteiger partial charge is 0.405 e. The highest BCUT2D eigenvalue weighted by molar-refractivity contribution is 9.10. The third-order valence-electron chi connectivity index (χ3n) is 3.03. The molecule has 0 bridgehead atoms. The summed E-state index contributed by atoms with van der Waals surface area (Å²) in [4.78, 5) is 23.7. The summed E-state index contributed by atoms with van der Waals surface area (Å²) in [6, 6.07) is 8.88. The highest BCUT2D eigenvalue weighted by Crippen LogP contribution is 2.20. The molecular weight excluding hydrogens is 408 g/mol. The zero-order valence-corrected chi connectivity index (χ0v) is 14.0.